The summed E-state index contributed by atoms with van der Waals surface area (Å²) in [6.07, 6.45) is 0.140. The molecule has 2 aromatic heterocycles. The molecule has 6 rings (SSSR count). The molecule has 0 amide bonds. The van der Waals surface area contributed by atoms with Gasteiger partial charge >= 0.3 is 0 Å². The van der Waals surface area contributed by atoms with Gasteiger partial charge in [-0.1, -0.05) is 134 Å². The molecule has 2 heterocycles. The van der Waals surface area contributed by atoms with Gasteiger partial charge in [0.25, 0.3) is 0 Å². The van der Waals surface area contributed by atoms with Crippen LogP contribution in [-0.2, 0) is 24.9 Å². The number of ketones is 1. The molecule has 64 heavy (non-hydrogen) atoms. The van der Waals surface area contributed by atoms with Crippen LogP contribution in [0.2, 0.25) is 39.3 Å². The molecule has 0 aliphatic heterocycles. The SMILES string of the molecule is CCC(CC)C(=O)/C=C(\O)C(CC)CC(F)F.[2H]c1nc(-c2[c-]c(C)cc(C)c2)c2cc(C)c([Si](C)(C)C)cc2c1[2H].[2H]c1nc(-c2[c-]c(C)cc(C)c2)c2cc(C)c([Si](C)(C)C)cc2c1[2H].[Ir]. The maximum Gasteiger partial charge on any atom is 0.239 e. The second-order valence-corrected chi connectivity index (χ2v) is 29.1. The van der Waals surface area contributed by atoms with Gasteiger partial charge < -0.3 is 15.1 Å². The van der Waals surface area contributed by atoms with Crippen LogP contribution in [0.3, 0.4) is 0 Å². The van der Waals surface area contributed by atoms with E-state index in [1.807, 2.05) is 27.7 Å². The number of pyridine rings is 2. The van der Waals surface area contributed by atoms with Crippen molar-refractivity contribution in [2.24, 2.45) is 11.8 Å². The van der Waals surface area contributed by atoms with Gasteiger partial charge in [0.05, 0.1) is 27.4 Å². The average Bonchev–Trinajstić information content (AvgIpc) is 3.21. The standard InChI is InChI=1S/2C21H24NSi.C13H22F2O2.Ir/c2*1-14-9-15(2)11-18(10-14)21-19-12-16(3)20(23(4,5)6)13-17(19)7-8-22-21;1-4-9(5-2)11(16)8-12(17)10(6-3)7-13(14)15;/h2*7-10,12-13H,1-6H3;8-10,13,17H,4-7H2,1-3H3;/q2*-1;;/b;;12-8-;/i2*7D,8D;;. The molecule has 1 unspecified atom stereocenters. The van der Waals surface area contributed by atoms with Crippen LogP contribution >= 0.6 is 0 Å². The third-order valence-electron chi connectivity index (χ3n) is 11.4. The number of fused-ring (bicyclic) bond motifs is 2. The average molecular weight is 1080 g/mol. The molecule has 0 spiro atoms. The Hall–Kier alpha value is -4.15. The second-order valence-electron chi connectivity index (χ2n) is 19.0. The first-order valence-electron chi connectivity index (χ1n) is 24.2. The van der Waals surface area contributed by atoms with E-state index in [9.17, 15) is 18.7 Å². The Morgan fingerprint density at radius 1 is 0.672 bits per heavy atom. The molecular weight excluding hydrogens is 1010 g/mol. The number of hydrogen-bond acceptors (Lipinski definition) is 4. The monoisotopic (exact) mass is 1080 g/mol. The number of benzene rings is 4. The zero-order chi connectivity index (χ0) is 50.5. The summed E-state index contributed by atoms with van der Waals surface area (Å²) in [5, 5.41) is 15.9. The van der Waals surface area contributed by atoms with E-state index in [2.05, 4.69) is 138 Å². The quantitative estimate of drug-likeness (QED) is 0.0574. The first-order chi connectivity index (χ1) is 31.1. The molecule has 1 atom stereocenters. The molecule has 0 aliphatic carbocycles. The van der Waals surface area contributed by atoms with Crippen LogP contribution in [0.5, 0.6) is 0 Å². The van der Waals surface area contributed by atoms with Crippen LogP contribution in [0.15, 0.2) is 84.8 Å². The number of aromatic nitrogens is 2. The van der Waals surface area contributed by atoms with Gasteiger partial charge in [-0.3, -0.25) is 4.79 Å². The summed E-state index contributed by atoms with van der Waals surface area (Å²) in [6, 6.07) is 24.0. The van der Waals surface area contributed by atoms with Gasteiger partial charge in [0.1, 0.15) is 0 Å². The zero-order valence-corrected chi connectivity index (χ0v) is 45.0. The molecule has 6 aromatic rings. The van der Waals surface area contributed by atoms with E-state index in [0.29, 0.717) is 19.3 Å². The number of aliphatic hydroxyl groups excluding tert-OH is 1. The number of carbonyl (C=O) groups is 1. The van der Waals surface area contributed by atoms with E-state index in [1.54, 1.807) is 6.92 Å². The second kappa shape index (κ2) is 23.3. The number of nitrogens with zero attached hydrogens (tertiary/aromatic N) is 2. The number of aliphatic hydroxyl groups is 1. The maximum absolute atomic E-state index is 12.2. The summed E-state index contributed by atoms with van der Waals surface area (Å²) >= 11 is 0. The van der Waals surface area contributed by atoms with E-state index in [-0.39, 0.29) is 62.0 Å². The van der Waals surface area contributed by atoms with Crippen LogP contribution < -0.4 is 10.4 Å². The van der Waals surface area contributed by atoms with Crippen molar-refractivity contribution in [3.63, 3.8) is 0 Å². The van der Waals surface area contributed by atoms with Gasteiger partial charge in [0, 0.05) is 56.8 Å². The zero-order valence-electron chi connectivity index (χ0n) is 44.6. The van der Waals surface area contributed by atoms with Gasteiger partial charge in [-0.2, -0.15) is 0 Å². The van der Waals surface area contributed by atoms with Crippen molar-refractivity contribution >= 4 is 53.8 Å². The predicted octanol–water partition coefficient (Wildman–Crippen LogP) is 14.5. The minimum atomic E-state index is -2.46. The van der Waals surface area contributed by atoms with Crippen molar-refractivity contribution in [1.82, 2.24) is 9.97 Å². The van der Waals surface area contributed by atoms with Gasteiger partial charge in [0.2, 0.25) is 6.43 Å². The minimum Gasteiger partial charge on any atom is -0.512 e. The Balaban J connectivity index is 0.000000275. The molecule has 0 saturated heterocycles. The van der Waals surface area contributed by atoms with Crippen LogP contribution in [0.1, 0.15) is 85.3 Å². The fourth-order valence-electron chi connectivity index (χ4n) is 8.28. The topological polar surface area (TPSA) is 63.1 Å². The smallest absolute Gasteiger partial charge is 0.239 e. The van der Waals surface area contributed by atoms with Gasteiger partial charge in [-0.05, 0) is 78.1 Å². The van der Waals surface area contributed by atoms with E-state index >= 15 is 0 Å². The summed E-state index contributed by atoms with van der Waals surface area (Å²) in [5.74, 6) is -1.11. The minimum absolute atomic E-state index is 0. The summed E-state index contributed by atoms with van der Waals surface area (Å²) in [4.78, 5) is 20.6. The third-order valence-corrected chi connectivity index (χ3v) is 15.7. The van der Waals surface area contributed by atoms with Gasteiger partial charge in [-0.15, -0.1) is 69.8 Å². The van der Waals surface area contributed by atoms with Crippen molar-refractivity contribution in [2.45, 2.75) is 134 Å². The summed E-state index contributed by atoms with van der Waals surface area (Å²) in [5.41, 5.74) is 10.2. The number of aryl methyl sites for hydroxylation is 6. The van der Waals surface area contributed by atoms with Crippen LogP contribution in [0.4, 0.5) is 8.78 Å². The first kappa shape index (κ1) is 47.8. The molecule has 1 radical (unpaired) electrons. The van der Waals surface area contributed by atoms with Crippen molar-refractivity contribution < 1.29 is 44.3 Å². The van der Waals surface area contributed by atoms with Crippen molar-refractivity contribution in [3.8, 4) is 22.5 Å². The number of alkyl halides is 2. The fraction of sp³-hybridized carbons (Fsp3) is 0.400. The Morgan fingerprint density at radius 3 is 1.39 bits per heavy atom. The van der Waals surface area contributed by atoms with E-state index in [1.165, 1.54) is 21.5 Å². The van der Waals surface area contributed by atoms with E-state index < -0.39 is 34.9 Å². The Kier molecular flexibility index (Phi) is 17.4. The maximum atomic E-state index is 12.2. The Labute approximate surface area is 404 Å². The summed E-state index contributed by atoms with van der Waals surface area (Å²) in [6.45, 7) is 31.8. The van der Waals surface area contributed by atoms with Crippen LogP contribution in [-0.4, -0.2) is 43.4 Å². The Bertz CT molecular complexity index is 2600. The van der Waals surface area contributed by atoms with Gasteiger partial charge in [-0.25, -0.2) is 8.78 Å². The number of hydrogen-bond donors (Lipinski definition) is 1. The third kappa shape index (κ3) is 14.4. The number of halogens is 2. The van der Waals surface area contributed by atoms with Crippen LogP contribution in [0.25, 0.3) is 44.1 Å². The van der Waals surface area contributed by atoms with Crippen molar-refractivity contribution in [1.29, 1.82) is 0 Å². The summed E-state index contributed by atoms with van der Waals surface area (Å²) < 4.78 is 57.5. The fourth-order valence-corrected chi connectivity index (χ4v) is 11.9. The summed E-state index contributed by atoms with van der Waals surface area (Å²) in [7, 11) is -3.05. The van der Waals surface area contributed by atoms with E-state index in [0.717, 1.165) is 72.4 Å². The molecule has 4 aromatic carbocycles. The molecule has 0 fully saturated rings. The van der Waals surface area contributed by atoms with Crippen molar-refractivity contribution in [2.75, 3.05) is 0 Å². The largest absolute Gasteiger partial charge is 0.512 e. The number of carbonyl (C=O) groups excluding carboxylic acids is 1. The van der Waals surface area contributed by atoms with E-state index in [4.69, 9.17) is 5.48 Å². The van der Waals surface area contributed by atoms with Crippen molar-refractivity contribution in [3.05, 3.63) is 130 Å². The van der Waals surface area contributed by atoms with Crippen LogP contribution in [0, 0.1) is 65.5 Å². The predicted molar refractivity (Wildman–Crippen MR) is 271 cm³/mol. The molecule has 345 valence electrons. The molecule has 1 N–H and O–H groups in total. The number of rotatable bonds is 12. The van der Waals surface area contributed by atoms with Gasteiger partial charge in [0.15, 0.2) is 5.78 Å². The number of allylic oxidation sites excluding steroid dienone is 2. The Morgan fingerprint density at radius 2 is 1.06 bits per heavy atom. The molecule has 0 saturated carbocycles. The molecule has 0 bridgehead atoms. The molecule has 0 aliphatic rings. The normalized spacial score (nSPS) is 13.3. The molecular formula is C55H70F2IrN2O2Si2-2. The molecule has 4 nitrogen and oxygen atoms in total. The molecule has 9 heteroatoms. The first-order valence-corrected chi connectivity index (χ1v) is 29.2.